The zero-order valence-corrected chi connectivity index (χ0v) is 13.7. The van der Waals surface area contributed by atoms with Gasteiger partial charge in [-0.2, -0.15) is 0 Å². The van der Waals surface area contributed by atoms with Crippen LogP contribution in [0.3, 0.4) is 0 Å². The van der Waals surface area contributed by atoms with E-state index in [-0.39, 0.29) is 18.1 Å². The molecule has 122 valence electrons. The zero-order chi connectivity index (χ0) is 15.7. The van der Waals surface area contributed by atoms with Crippen LogP contribution in [-0.4, -0.2) is 48.1 Å². The lowest BCUT2D eigenvalue weighted by molar-refractivity contribution is -0.0485. The first-order chi connectivity index (χ1) is 9.72. The molecule has 0 bridgehead atoms. The smallest absolute Gasteiger partial charge is 0.410 e. The lowest BCUT2D eigenvalue weighted by Gasteiger charge is -2.41. The molecule has 0 aromatic carbocycles. The monoisotopic (exact) mass is 301 g/mol. The van der Waals surface area contributed by atoms with Crippen molar-refractivity contribution in [1.82, 2.24) is 4.90 Å². The number of alkyl halides is 1. The Labute approximate surface area is 127 Å². The van der Waals surface area contributed by atoms with Gasteiger partial charge in [-0.1, -0.05) is 0 Å². The molecule has 2 atom stereocenters. The molecule has 0 aromatic rings. The summed E-state index contributed by atoms with van der Waals surface area (Å²) in [6.07, 6.45) is 2.62. The van der Waals surface area contributed by atoms with Crippen LogP contribution in [0.5, 0.6) is 0 Å². The Kier molecular flexibility index (Phi) is 4.81. The van der Waals surface area contributed by atoms with Gasteiger partial charge < -0.3 is 14.4 Å². The SMILES string of the molecule is CC(C)(C)OC(=O)N1CCC[C@@H]1[C@](C)(F)C1CCOCC1. The lowest BCUT2D eigenvalue weighted by Crippen LogP contribution is -2.53. The molecule has 2 fully saturated rings. The Bertz CT molecular complexity index is 372. The van der Waals surface area contributed by atoms with Crippen molar-refractivity contribution in [3.63, 3.8) is 0 Å². The van der Waals surface area contributed by atoms with E-state index >= 15 is 4.39 Å². The minimum atomic E-state index is -1.38. The third kappa shape index (κ3) is 3.87. The van der Waals surface area contributed by atoms with Crippen LogP contribution in [0, 0.1) is 5.92 Å². The summed E-state index contributed by atoms with van der Waals surface area (Å²) in [5.74, 6) is -0.0423. The number of likely N-dealkylation sites (tertiary alicyclic amines) is 1. The van der Waals surface area contributed by atoms with Crippen molar-refractivity contribution >= 4 is 6.09 Å². The second kappa shape index (κ2) is 6.11. The summed E-state index contributed by atoms with van der Waals surface area (Å²) in [4.78, 5) is 13.9. The maximum Gasteiger partial charge on any atom is 0.410 e. The molecule has 0 saturated carbocycles. The number of hydrogen-bond acceptors (Lipinski definition) is 3. The molecule has 0 aliphatic carbocycles. The topological polar surface area (TPSA) is 38.8 Å². The van der Waals surface area contributed by atoms with Crippen LogP contribution in [0.15, 0.2) is 0 Å². The van der Waals surface area contributed by atoms with Crippen molar-refractivity contribution in [2.75, 3.05) is 19.8 Å². The summed E-state index contributed by atoms with van der Waals surface area (Å²) in [7, 11) is 0. The minimum absolute atomic E-state index is 0.0423. The van der Waals surface area contributed by atoms with E-state index in [0.717, 1.165) is 19.3 Å². The van der Waals surface area contributed by atoms with Crippen molar-refractivity contribution in [3.05, 3.63) is 0 Å². The van der Waals surface area contributed by atoms with Crippen LogP contribution in [0.1, 0.15) is 53.4 Å². The van der Waals surface area contributed by atoms with Crippen LogP contribution in [0.2, 0.25) is 0 Å². The highest BCUT2D eigenvalue weighted by Gasteiger charge is 2.49. The molecule has 2 aliphatic heterocycles. The number of amides is 1. The second-order valence-electron chi connectivity index (χ2n) is 7.37. The first kappa shape index (κ1) is 16.5. The highest BCUT2D eigenvalue weighted by Crippen LogP contribution is 2.40. The van der Waals surface area contributed by atoms with E-state index < -0.39 is 11.3 Å². The van der Waals surface area contributed by atoms with E-state index in [4.69, 9.17) is 9.47 Å². The van der Waals surface area contributed by atoms with Crippen LogP contribution in [0.25, 0.3) is 0 Å². The number of ether oxygens (including phenoxy) is 2. The second-order valence-corrected chi connectivity index (χ2v) is 7.37. The fourth-order valence-electron chi connectivity index (χ4n) is 3.43. The van der Waals surface area contributed by atoms with Gasteiger partial charge in [-0.3, -0.25) is 0 Å². The van der Waals surface area contributed by atoms with E-state index in [1.807, 2.05) is 20.8 Å². The first-order valence-corrected chi connectivity index (χ1v) is 7.98. The summed E-state index contributed by atoms with van der Waals surface area (Å²) in [5.41, 5.74) is -1.92. The number of hydrogen-bond donors (Lipinski definition) is 0. The predicted molar refractivity (Wildman–Crippen MR) is 79.0 cm³/mol. The van der Waals surface area contributed by atoms with Crippen molar-refractivity contribution in [2.24, 2.45) is 5.92 Å². The maximum atomic E-state index is 15.4. The molecule has 2 aliphatic rings. The molecule has 0 N–H and O–H groups in total. The van der Waals surface area contributed by atoms with Gasteiger partial charge in [0.05, 0.1) is 6.04 Å². The number of halogens is 1. The molecule has 2 heterocycles. The molecular weight excluding hydrogens is 273 g/mol. The quantitative estimate of drug-likeness (QED) is 0.783. The molecule has 2 rings (SSSR count). The van der Waals surface area contributed by atoms with Gasteiger partial charge in [0, 0.05) is 19.8 Å². The normalized spacial score (nSPS) is 27.5. The number of carbonyl (C=O) groups excluding carboxylic acids is 1. The number of carbonyl (C=O) groups is 1. The van der Waals surface area contributed by atoms with Gasteiger partial charge in [-0.05, 0) is 59.3 Å². The molecule has 0 radical (unpaired) electrons. The molecular formula is C16H28FNO3. The Morgan fingerprint density at radius 2 is 1.81 bits per heavy atom. The summed E-state index contributed by atoms with van der Waals surface area (Å²) < 4.78 is 26.2. The average molecular weight is 301 g/mol. The third-order valence-corrected chi connectivity index (χ3v) is 4.55. The van der Waals surface area contributed by atoms with Crippen molar-refractivity contribution < 1.29 is 18.7 Å². The number of rotatable bonds is 2. The van der Waals surface area contributed by atoms with E-state index in [2.05, 4.69) is 0 Å². The van der Waals surface area contributed by atoms with Crippen LogP contribution in [-0.2, 0) is 9.47 Å². The molecule has 21 heavy (non-hydrogen) atoms. The third-order valence-electron chi connectivity index (χ3n) is 4.55. The predicted octanol–water partition coefficient (Wildman–Crippen LogP) is 3.54. The summed E-state index contributed by atoms with van der Waals surface area (Å²) in [5, 5.41) is 0. The van der Waals surface area contributed by atoms with Gasteiger partial charge in [0.2, 0.25) is 0 Å². The van der Waals surface area contributed by atoms with Gasteiger partial charge in [-0.25, -0.2) is 9.18 Å². The van der Waals surface area contributed by atoms with Crippen molar-refractivity contribution in [1.29, 1.82) is 0 Å². The van der Waals surface area contributed by atoms with E-state index in [0.29, 0.717) is 26.2 Å². The lowest BCUT2D eigenvalue weighted by atomic mass is 9.79. The molecule has 1 amide bonds. The zero-order valence-electron chi connectivity index (χ0n) is 13.7. The highest BCUT2D eigenvalue weighted by atomic mass is 19.1. The van der Waals surface area contributed by atoms with Crippen molar-refractivity contribution in [3.8, 4) is 0 Å². The molecule has 0 aromatic heterocycles. The molecule has 4 nitrogen and oxygen atoms in total. The van der Waals surface area contributed by atoms with Gasteiger partial charge in [0.15, 0.2) is 0 Å². The van der Waals surface area contributed by atoms with E-state index in [1.165, 1.54) is 0 Å². The maximum absolute atomic E-state index is 15.4. The Hall–Kier alpha value is -0.840. The summed E-state index contributed by atoms with van der Waals surface area (Å²) >= 11 is 0. The fourth-order valence-corrected chi connectivity index (χ4v) is 3.43. The van der Waals surface area contributed by atoms with E-state index in [1.54, 1.807) is 11.8 Å². The molecule has 5 heteroatoms. The standard InChI is InChI=1S/C16H28FNO3/c1-15(2,3)21-14(19)18-9-5-6-13(18)16(4,17)12-7-10-20-11-8-12/h12-13H,5-11H2,1-4H3/t13-,16-/m1/s1. The molecule has 2 saturated heterocycles. The molecule has 0 unspecified atom stereocenters. The van der Waals surface area contributed by atoms with Gasteiger partial charge >= 0.3 is 6.09 Å². The Morgan fingerprint density at radius 3 is 2.38 bits per heavy atom. The average Bonchev–Trinajstić information content (AvgIpc) is 2.88. The van der Waals surface area contributed by atoms with Gasteiger partial charge in [-0.15, -0.1) is 0 Å². The van der Waals surface area contributed by atoms with E-state index in [9.17, 15) is 4.79 Å². The summed E-state index contributed by atoms with van der Waals surface area (Å²) in [6.45, 7) is 8.97. The number of nitrogens with zero attached hydrogens (tertiary/aromatic N) is 1. The molecule has 0 spiro atoms. The highest BCUT2D eigenvalue weighted by molar-refractivity contribution is 5.69. The van der Waals surface area contributed by atoms with Crippen LogP contribution >= 0.6 is 0 Å². The largest absolute Gasteiger partial charge is 0.444 e. The van der Waals surface area contributed by atoms with Crippen LogP contribution < -0.4 is 0 Å². The summed E-state index contributed by atoms with van der Waals surface area (Å²) in [6, 6.07) is -0.379. The Balaban J connectivity index is 2.07. The van der Waals surface area contributed by atoms with Gasteiger partial charge in [0.1, 0.15) is 11.3 Å². The minimum Gasteiger partial charge on any atom is -0.444 e. The fraction of sp³-hybridized carbons (Fsp3) is 0.938. The first-order valence-electron chi connectivity index (χ1n) is 7.98. The Morgan fingerprint density at radius 1 is 1.19 bits per heavy atom. The van der Waals surface area contributed by atoms with Gasteiger partial charge in [0.25, 0.3) is 0 Å². The van der Waals surface area contributed by atoms with Crippen LogP contribution in [0.4, 0.5) is 9.18 Å². The van der Waals surface area contributed by atoms with Crippen molar-refractivity contribution in [2.45, 2.75) is 70.7 Å².